The molecule has 0 bridgehead atoms. The molecule has 0 saturated carbocycles. The predicted octanol–water partition coefficient (Wildman–Crippen LogP) is 3.20. The first kappa shape index (κ1) is 15.9. The Kier molecular flexibility index (Phi) is 5.19. The van der Waals surface area contributed by atoms with Crippen LogP contribution in [0.3, 0.4) is 0 Å². The lowest BCUT2D eigenvalue weighted by Crippen LogP contribution is -2.30. The number of hydrogen-bond donors (Lipinski definition) is 1. The van der Waals surface area contributed by atoms with Gasteiger partial charge in [0.2, 0.25) is 5.91 Å². The molecule has 1 N–H and O–H groups in total. The summed E-state index contributed by atoms with van der Waals surface area (Å²) in [5, 5.41) is 14.4. The zero-order chi connectivity index (χ0) is 16.1. The third-order valence-corrected chi connectivity index (χ3v) is 5.23. The highest BCUT2D eigenvalue weighted by Gasteiger charge is 2.18. The molecule has 1 amide bonds. The standard InChI is InChI=1S/C16H18N4OS2/c1-12-10-23-16(18-12)14(9-13-4-8-22-11-13)19-15(21)3-7-20-6-2-5-17-20/h2,4-6,8,10-11,14H,3,7,9H2,1H3,(H,19,21)/t14-/m0/s1. The summed E-state index contributed by atoms with van der Waals surface area (Å²) in [5.41, 5.74) is 2.21. The quantitative estimate of drug-likeness (QED) is 0.715. The van der Waals surface area contributed by atoms with Crippen LogP contribution in [0.2, 0.25) is 0 Å². The smallest absolute Gasteiger partial charge is 0.222 e. The monoisotopic (exact) mass is 346 g/mol. The molecule has 23 heavy (non-hydrogen) atoms. The summed E-state index contributed by atoms with van der Waals surface area (Å²) >= 11 is 3.27. The van der Waals surface area contributed by atoms with E-state index in [0.717, 1.165) is 17.1 Å². The summed E-state index contributed by atoms with van der Waals surface area (Å²) in [5.74, 6) is 0.0218. The molecule has 3 heterocycles. The van der Waals surface area contributed by atoms with E-state index in [9.17, 15) is 4.79 Å². The van der Waals surface area contributed by atoms with Gasteiger partial charge in [-0.15, -0.1) is 11.3 Å². The molecule has 5 nitrogen and oxygen atoms in total. The van der Waals surface area contributed by atoms with Crippen molar-refractivity contribution in [3.05, 3.63) is 56.9 Å². The Morgan fingerprint density at radius 1 is 1.43 bits per heavy atom. The second-order valence-corrected chi connectivity index (χ2v) is 6.97. The lowest BCUT2D eigenvalue weighted by Gasteiger charge is -2.16. The van der Waals surface area contributed by atoms with Crippen LogP contribution in [-0.4, -0.2) is 20.7 Å². The third kappa shape index (κ3) is 4.49. The van der Waals surface area contributed by atoms with Crippen molar-refractivity contribution >= 4 is 28.6 Å². The Hall–Kier alpha value is -1.99. The molecule has 3 aromatic heterocycles. The molecule has 0 aliphatic carbocycles. The van der Waals surface area contributed by atoms with E-state index in [0.29, 0.717) is 13.0 Å². The van der Waals surface area contributed by atoms with Crippen LogP contribution in [0, 0.1) is 6.92 Å². The summed E-state index contributed by atoms with van der Waals surface area (Å²) in [4.78, 5) is 16.8. The van der Waals surface area contributed by atoms with Gasteiger partial charge in [0.1, 0.15) is 5.01 Å². The van der Waals surface area contributed by atoms with Crippen molar-refractivity contribution in [3.63, 3.8) is 0 Å². The number of thiophene rings is 1. The van der Waals surface area contributed by atoms with E-state index in [1.165, 1.54) is 5.56 Å². The number of nitrogens with zero attached hydrogens (tertiary/aromatic N) is 3. The molecular formula is C16H18N4OS2. The fourth-order valence-electron chi connectivity index (χ4n) is 2.29. The van der Waals surface area contributed by atoms with Gasteiger partial charge in [-0.1, -0.05) is 0 Å². The first-order valence-electron chi connectivity index (χ1n) is 7.40. The number of rotatable bonds is 7. The van der Waals surface area contributed by atoms with E-state index in [1.54, 1.807) is 33.6 Å². The minimum Gasteiger partial charge on any atom is -0.346 e. The fourth-order valence-corrected chi connectivity index (χ4v) is 3.82. The summed E-state index contributed by atoms with van der Waals surface area (Å²) in [6.45, 7) is 2.56. The lowest BCUT2D eigenvalue weighted by atomic mass is 10.1. The molecule has 0 spiro atoms. The van der Waals surface area contributed by atoms with Gasteiger partial charge >= 0.3 is 0 Å². The van der Waals surface area contributed by atoms with Gasteiger partial charge in [-0.05, 0) is 35.4 Å². The highest BCUT2D eigenvalue weighted by atomic mass is 32.1. The van der Waals surface area contributed by atoms with E-state index in [1.807, 2.05) is 24.6 Å². The van der Waals surface area contributed by atoms with Crippen LogP contribution in [0.4, 0.5) is 0 Å². The van der Waals surface area contributed by atoms with Crippen molar-refractivity contribution in [2.75, 3.05) is 0 Å². The van der Waals surface area contributed by atoms with Crippen molar-refractivity contribution in [2.24, 2.45) is 0 Å². The van der Waals surface area contributed by atoms with Crippen LogP contribution in [0.25, 0.3) is 0 Å². The van der Waals surface area contributed by atoms with E-state index >= 15 is 0 Å². The first-order valence-corrected chi connectivity index (χ1v) is 9.23. The first-order chi connectivity index (χ1) is 11.2. The third-order valence-electron chi connectivity index (χ3n) is 3.42. The number of carbonyl (C=O) groups excluding carboxylic acids is 1. The zero-order valence-electron chi connectivity index (χ0n) is 12.8. The van der Waals surface area contributed by atoms with Gasteiger partial charge in [0, 0.05) is 42.9 Å². The molecule has 0 saturated heterocycles. The Labute approximate surface area is 143 Å². The van der Waals surface area contributed by atoms with Crippen LogP contribution in [0.1, 0.15) is 28.7 Å². The van der Waals surface area contributed by atoms with Gasteiger partial charge in [0.05, 0.1) is 6.04 Å². The minimum absolute atomic E-state index is 0.0218. The Morgan fingerprint density at radius 2 is 2.35 bits per heavy atom. The molecule has 0 radical (unpaired) electrons. The van der Waals surface area contributed by atoms with E-state index in [4.69, 9.17) is 0 Å². The number of hydrogen-bond acceptors (Lipinski definition) is 5. The van der Waals surface area contributed by atoms with Crippen LogP contribution < -0.4 is 5.32 Å². The molecule has 0 aromatic carbocycles. The largest absolute Gasteiger partial charge is 0.346 e. The molecule has 0 fully saturated rings. The Balaban J connectivity index is 1.64. The van der Waals surface area contributed by atoms with E-state index < -0.39 is 0 Å². The van der Waals surface area contributed by atoms with Crippen molar-refractivity contribution in [1.82, 2.24) is 20.1 Å². The highest BCUT2D eigenvalue weighted by Crippen LogP contribution is 2.23. The summed E-state index contributed by atoms with van der Waals surface area (Å²) < 4.78 is 1.76. The maximum absolute atomic E-state index is 12.3. The van der Waals surface area contributed by atoms with Crippen molar-refractivity contribution in [1.29, 1.82) is 0 Å². The molecule has 7 heteroatoms. The van der Waals surface area contributed by atoms with Crippen LogP contribution in [0.5, 0.6) is 0 Å². The van der Waals surface area contributed by atoms with Gasteiger partial charge in [-0.25, -0.2) is 4.98 Å². The number of amides is 1. The zero-order valence-corrected chi connectivity index (χ0v) is 14.4. The second-order valence-electron chi connectivity index (χ2n) is 5.30. The van der Waals surface area contributed by atoms with Crippen LogP contribution in [0.15, 0.2) is 40.7 Å². The topological polar surface area (TPSA) is 59.8 Å². The number of aromatic nitrogens is 3. The van der Waals surface area contributed by atoms with Crippen molar-refractivity contribution in [2.45, 2.75) is 32.4 Å². The van der Waals surface area contributed by atoms with E-state index in [-0.39, 0.29) is 11.9 Å². The van der Waals surface area contributed by atoms with Crippen LogP contribution >= 0.6 is 22.7 Å². The van der Waals surface area contributed by atoms with Crippen molar-refractivity contribution < 1.29 is 4.79 Å². The maximum Gasteiger partial charge on any atom is 0.222 e. The molecule has 0 aliphatic heterocycles. The summed E-state index contributed by atoms with van der Waals surface area (Å²) in [7, 11) is 0. The summed E-state index contributed by atoms with van der Waals surface area (Å²) in [6, 6.07) is 3.87. The number of carbonyl (C=O) groups is 1. The molecule has 3 aromatic rings. The Bertz CT molecular complexity index is 734. The Morgan fingerprint density at radius 3 is 3.00 bits per heavy atom. The minimum atomic E-state index is -0.0755. The SMILES string of the molecule is Cc1csc([C@H](Cc2ccsc2)NC(=O)CCn2cccn2)n1. The lowest BCUT2D eigenvalue weighted by molar-refractivity contribution is -0.122. The maximum atomic E-state index is 12.3. The predicted molar refractivity (Wildman–Crippen MR) is 92.6 cm³/mol. The summed E-state index contributed by atoms with van der Waals surface area (Å²) in [6.07, 6.45) is 4.76. The highest BCUT2D eigenvalue weighted by molar-refractivity contribution is 7.09. The molecule has 0 unspecified atom stereocenters. The molecule has 1 atom stereocenters. The number of thiazole rings is 1. The fraction of sp³-hybridized carbons (Fsp3) is 0.312. The van der Waals surface area contributed by atoms with Gasteiger partial charge in [0.15, 0.2) is 0 Å². The van der Waals surface area contributed by atoms with Gasteiger partial charge in [-0.2, -0.15) is 16.4 Å². The molecular weight excluding hydrogens is 328 g/mol. The second kappa shape index (κ2) is 7.52. The molecule has 3 rings (SSSR count). The average Bonchev–Trinajstić information content (AvgIpc) is 3.27. The van der Waals surface area contributed by atoms with Crippen molar-refractivity contribution in [3.8, 4) is 0 Å². The average molecular weight is 346 g/mol. The number of aryl methyl sites for hydroxylation is 2. The normalized spacial score (nSPS) is 12.2. The molecule has 0 aliphatic rings. The van der Waals surface area contributed by atoms with Gasteiger partial charge in [0.25, 0.3) is 0 Å². The van der Waals surface area contributed by atoms with E-state index in [2.05, 4.69) is 32.2 Å². The van der Waals surface area contributed by atoms with Gasteiger partial charge < -0.3 is 5.32 Å². The van der Waals surface area contributed by atoms with Crippen LogP contribution in [-0.2, 0) is 17.8 Å². The molecule has 120 valence electrons. The van der Waals surface area contributed by atoms with Gasteiger partial charge in [-0.3, -0.25) is 9.48 Å². The number of nitrogens with one attached hydrogen (secondary N) is 1.